The number of carbonyl (C=O) groups excluding carboxylic acids is 1. The summed E-state index contributed by atoms with van der Waals surface area (Å²) in [6.45, 7) is 0.348. The summed E-state index contributed by atoms with van der Waals surface area (Å²) in [6.07, 6.45) is 5.56. The van der Waals surface area contributed by atoms with Crippen LogP contribution in [0.15, 0.2) is 48.0 Å². The van der Waals surface area contributed by atoms with Crippen LogP contribution in [0.2, 0.25) is 5.15 Å². The van der Waals surface area contributed by atoms with Crippen LogP contribution in [0, 0.1) is 0 Å². The highest BCUT2D eigenvalue weighted by molar-refractivity contribution is 7.15. The van der Waals surface area contributed by atoms with E-state index in [1.807, 2.05) is 46.3 Å². The maximum absolute atomic E-state index is 11.7. The summed E-state index contributed by atoms with van der Waals surface area (Å²) in [5, 5.41) is 2.29. The number of ether oxygens (including phenoxy) is 1. The number of benzene rings is 1. The number of rotatable bonds is 5. The molecule has 0 atom stereocenters. The molecule has 22 heavy (non-hydrogen) atoms. The molecule has 1 aromatic carbocycles. The van der Waals surface area contributed by atoms with Crippen LogP contribution in [0.1, 0.15) is 11.3 Å². The third-order valence-electron chi connectivity index (χ3n) is 3.11. The number of thiazole rings is 1. The predicted octanol–water partition coefficient (Wildman–Crippen LogP) is 3.85. The standard InChI is InChI=1S/C16H13ClN2O2S/c17-15-13(19-9-11-22-16(19)18-15)6-7-14(20)21-10-8-12-4-2-1-3-5-12/h1-7,9,11H,8,10H2/b7-6+. The summed E-state index contributed by atoms with van der Waals surface area (Å²) < 4.78 is 7.02. The van der Waals surface area contributed by atoms with Gasteiger partial charge >= 0.3 is 5.97 Å². The third kappa shape index (κ3) is 3.37. The molecule has 0 aliphatic carbocycles. The molecule has 3 aromatic rings. The molecule has 0 aliphatic heterocycles. The molecule has 112 valence electrons. The van der Waals surface area contributed by atoms with E-state index in [9.17, 15) is 4.79 Å². The second-order valence-electron chi connectivity index (χ2n) is 4.58. The molecule has 0 bridgehead atoms. The highest BCUT2D eigenvalue weighted by Crippen LogP contribution is 2.22. The maximum atomic E-state index is 11.7. The Morgan fingerprint density at radius 3 is 3.00 bits per heavy atom. The van der Waals surface area contributed by atoms with Crippen LogP contribution in [0.4, 0.5) is 0 Å². The van der Waals surface area contributed by atoms with Gasteiger partial charge in [-0.05, 0) is 11.6 Å². The van der Waals surface area contributed by atoms with Crippen LogP contribution < -0.4 is 0 Å². The molecule has 2 aromatic heterocycles. The number of aromatic nitrogens is 2. The van der Waals surface area contributed by atoms with Crippen molar-refractivity contribution in [3.63, 3.8) is 0 Å². The van der Waals surface area contributed by atoms with Gasteiger partial charge in [0.15, 0.2) is 10.1 Å². The molecule has 3 rings (SSSR count). The molecule has 2 heterocycles. The average Bonchev–Trinajstić information content (AvgIpc) is 3.07. The number of fused-ring (bicyclic) bond motifs is 1. The van der Waals surface area contributed by atoms with Gasteiger partial charge in [-0.15, -0.1) is 11.3 Å². The predicted molar refractivity (Wildman–Crippen MR) is 88.2 cm³/mol. The first-order valence-electron chi connectivity index (χ1n) is 6.74. The molecule has 6 heteroatoms. The van der Waals surface area contributed by atoms with E-state index >= 15 is 0 Å². The minimum absolute atomic E-state index is 0.348. The second-order valence-corrected chi connectivity index (χ2v) is 5.81. The molecule has 0 fully saturated rings. The van der Waals surface area contributed by atoms with Crippen LogP contribution in [0.25, 0.3) is 11.0 Å². The van der Waals surface area contributed by atoms with Crippen molar-refractivity contribution in [2.75, 3.05) is 6.61 Å². The average molecular weight is 333 g/mol. The van der Waals surface area contributed by atoms with Gasteiger partial charge in [0, 0.05) is 24.1 Å². The SMILES string of the molecule is O=C(/C=C/c1c(Cl)nc2sccn12)OCCc1ccccc1. The monoisotopic (exact) mass is 332 g/mol. The number of hydrogen-bond acceptors (Lipinski definition) is 4. The van der Waals surface area contributed by atoms with Gasteiger partial charge < -0.3 is 4.74 Å². The van der Waals surface area contributed by atoms with Crippen LogP contribution in [0.5, 0.6) is 0 Å². The van der Waals surface area contributed by atoms with Crippen molar-refractivity contribution in [2.24, 2.45) is 0 Å². The molecule has 4 nitrogen and oxygen atoms in total. The Balaban J connectivity index is 1.57. The summed E-state index contributed by atoms with van der Waals surface area (Å²) in [5.41, 5.74) is 1.82. The largest absolute Gasteiger partial charge is 0.462 e. The Bertz CT molecular complexity index is 808. The van der Waals surface area contributed by atoms with Crippen molar-refractivity contribution in [1.82, 2.24) is 9.38 Å². The molecular formula is C16H13ClN2O2S. The number of imidazole rings is 1. The van der Waals surface area contributed by atoms with E-state index in [-0.39, 0.29) is 0 Å². The van der Waals surface area contributed by atoms with Crippen molar-refractivity contribution >= 4 is 39.9 Å². The number of carbonyl (C=O) groups is 1. The Kier molecular flexibility index (Phi) is 4.56. The van der Waals surface area contributed by atoms with Gasteiger partial charge in [0.2, 0.25) is 0 Å². The normalized spacial score (nSPS) is 11.3. The Labute approximate surface area is 136 Å². The molecule has 0 N–H and O–H groups in total. The van der Waals surface area contributed by atoms with E-state index in [2.05, 4.69) is 4.98 Å². The molecule has 0 aliphatic rings. The van der Waals surface area contributed by atoms with Crippen molar-refractivity contribution in [3.05, 3.63) is 64.4 Å². The molecule has 0 saturated carbocycles. The van der Waals surface area contributed by atoms with Crippen molar-refractivity contribution in [1.29, 1.82) is 0 Å². The lowest BCUT2D eigenvalue weighted by molar-refractivity contribution is -0.137. The van der Waals surface area contributed by atoms with Gasteiger partial charge in [-0.1, -0.05) is 41.9 Å². The highest BCUT2D eigenvalue weighted by Gasteiger charge is 2.08. The first-order valence-corrected chi connectivity index (χ1v) is 7.99. The van der Waals surface area contributed by atoms with Gasteiger partial charge in [-0.25, -0.2) is 9.78 Å². The summed E-state index contributed by atoms with van der Waals surface area (Å²) >= 11 is 7.53. The van der Waals surface area contributed by atoms with Crippen molar-refractivity contribution in [2.45, 2.75) is 6.42 Å². The second kappa shape index (κ2) is 6.77. The smallest absolute Gasteiger partial charge is 0.330 e. The zero-order valence-corrected chi connectivity index (χ0v) is 13.2. The summed E-state index contributed by atoms with van der Waals surface area (Å²) in [4.78, 5) is 16.7. The molecular weight excluding hydrogens is 320 g/mol. The lowest BCUT2D eigenvalue weighted by atomic mass is 10.2. The first-order chi connectivity index (χ1) is 10.7. The maximum Gasteiger partial charge on any atom is 0.330 e. The summed E-state index contributed by atoms with van der Waals surface area (Å²) in [7, 11) is 0. The molecule has 0 spiro atoms. The van der Waals surface area contributed by atoms with E-state index in [0.29, 0.717) is 23.9 Å². The van der Waals surface area contributed by atoms with E-state index < -0.39 is 5.97 Å². The third-order valence-corrected chi connectivity index (χ3v) is 4.14. The van der Waals surface area contributed by atoms with Crippen LogP contribution >= 0.6 is 22.9 Å². The van der Waals surface area contributed by atoms with Crippen LogP contribution in [-0.4, -0.2) is 22.0 Å². The Hall–Kier alpha value is -2.11. The first kappa shape index (κ1) is 14.8. The number of nitrogens with zero attached hydrogens (tertiary/aromatic N) is 2. The molecule has 0 amide bonds. The number of halogens is 1. The van der Waals surface area contributed by atoms with Crippen LogP contribution in [0.3, 0.4) is 0 Å². The fourth-order valence-electron chi connectivity index (χ4n) is 2.04. The lowest BCUT2D eigenvalue weighted by Gasteiger charge is -2.02. The fraction of sp³-hybridized carbons (Fsp3) is 0.125. The Morgan fingerprint density at radius 2 is 2.18 bits per heavy atom. The van der Waals surface area contributed by atoms with Gasteiger partial charge in [0.05, 0.1) is 12.3 Å². The summed E-state index contributed by atoms with van der Waals surface area (Å²) in [6, 6.07) is 9.89. The van der Waals surface area contributed by atoms with Crippen molar-refractivity contribution in [3.8, 4) is 0 Å². The molecule has 0 radical (unpaired) electrons. The van der Waals surface area contributed by atoms with E-state index in [1.165, 1.54) is 17.4 Å². The molecule has 0 unspecified atom stereocenters. The van der Waals surface area contributed by atoms with E-state index in [0.717, 1.165) is 10.5 Å². The minimum atomic E-state index is -0.392. The quantitative estimate of drug-likeness (QED) is 0.526. The van der Waals surface area contributed by atoms with Gasteiger partial charge in [0.1, 0.15) is 0 Å². The highest BCUT2D eigenvalue weighted by atomic mass is 35.5. The lowest BCUT2D eigenvalue weighted by Crippen LogP contribution is -2.04. The minimum Gasteiger partial charge on any atom is -0.462 e. The van der Waals surface area contributed by atoms with E-state index in [1.54, 1.807) is 6.08 Å². The number of esters is 1. The van der Waals surface area contributed by atoms with E-state index in [4.69, 9.17) is 16.3 Å². The molecule has 0 saturated heterocycles. The fourth-order valence-corrected chi connectivity index (χ4v) is 3.04. The van der Waals surface area contributed by atoms with Gasteiger partial charge in [-0.3, -0.25) is 4.40 Å². The zero-order valence-electron chi connectivity index (χ0n) is 11.6. The summed E-state index contributed by atoms with van der Waals surface area (Å²) in [5.74, 6) is -0.392. The Morgan fingerprint density at radius 1 is 1.36 bits per heavy atom. The van der Waals surface area contributed by atoms with Gasteiger partial charge in [-0.2, -0.15) is 0 Å². The van der Waals surface area contributed by atoms with Crippen LogP contribution in [-0.2, 0) is 16.0 Å². The van der Waals surface area contributed by atoms with Crippen molar-refractivity contribution < 1.29 is 9.53 Å². The zero-order chi connectivity index (χ0) is 15.4. The topological polar surface area (TPSA) is 43.6 Å². The number of hydrogen-bond donors (Lipinski definition) is 0. The van der Waals surface area contributed by atoms with Gasteiger partial charge in [0.25, 0.3) is 0 Å².